The molecule has 1 atom stereocenters. The highest BCUT2D eigenvalue weighted by atomic mass is 79.9. The summed E-state index contributed by atoms with van der Waals surface area (Å²) in [6.07, 6.45) is 0.800. The third-order valence-corrected chi connectivity index (χ3v) is 6.20. The maximum absolute atomic E-state index is 13.0. The molecule has 2 rings (SSSR count). The van der Waals surface area contributed by atoms with Crippen LogP contribution in [-0.2, 0) is 16.1 Å². The van der Waals surface area contributed by atoms with Crippen LogP contribution in [0.25, 0.3) is 0 Å². The highest BCUT2D eigenvalue weighted by Gasteiger charge is 2.27. The maximum atomic E-state index is 13.0. The van der Waals surface area contributed by atoms with Gasteiger partial charge in [-0.2, -0.15) is 0 Å². The number of nitrogens with zero attached hydrogens (tertiary/aromatic N) is 1. The third-order valence-electron chi connectivity index (χ3n) is 4.60. The molecule has 1 N–H and O–H groups in total. The van der Waals surface area contributed by atoms with Gasteiger partial charge in [0.15, 0.2) is 6.61 Å². The summed E-state index contributed by atoms with van der Waals surface area (Å²) in [5.74, 6) is -0.0126. The van der Waals surface area contributed by atoms with E-state index in [9.17, 15) is 9.59 Å². The molecule has 5 nitrogen and oxygen atoms in total. The number of carbonyl (C=O) groups is 2. The fourth-order valence-corrected chi connectivity index (χ4v) is 3.53. The van der Waals surface area contributed by atoms with E-state index in [1.165, 1.54) is 4.90 Å². The predicted octanol–water partition coefficient (Wildman–Crippen LogP) is 5.39. The van der Waals surface area contributed by atoms with Gasteiger partial charge < -0.3 is 15.0 Å². The molecule has 0 aliphatic rings. The molecule has 0 bridgehead atoms. The van der Waals surface area contributed by atoms with Crippen molar-refractivity contribution in [3.63, 3.8) is 0 Å². The first-order chi connectivity index (χ1) is 14.2. The standard InChI is InChI=1S/C22H25BrCl2N2O3/c1-4-10-26-22(29)15(3)27(12-17-19(24)6-5-7-20(17)25)21(28)13-30-16-8-9-18(23)14(2)11-16/h5-9,11,15H,4,10,12-13H2,1-3H3,(H,26,29)/t15-/m0/s1. The van der Waals surface area contributed by atoms with E-state index in [0.717, 1.165) is 16.5 Å². The van der Waals surface area contributed by atoms with Crippen LogP contribution >= 0.6 is 39.1 Å². The Balaban J connectivity index is 2.21. The molecular formula is C22H25BrCl2N2O3. The number of aryl methyl sites for hydroxylation is 1. The SMILES string of the molecule is CCCNC(=O)[C@H](C)N(Cc1c(Cl)cccc1Cl)C(=O)COc1ccc(Br)c(C)c1. The van der Waals surface area contributed by atoms with Crippen LogP contribution in [0.4, 0.5) is 0 Å². The normalized spacial score (nSPS) is 11.7. The monoisotopic (exact) mass is 514 g/mol. The van der Waals surface area contributed by atoms with Gasteiger partial charge in [-0.15, -0.1) is 0 Å². The van der Waals surface area contributed by atoms with E-state index in [1.807, 2.05) is 26.0 Å². The first-order valence-electron chi connectivity index (χ1n) is 9.63. The zero-order chi connectivity index (χ0) is 22.3. The lowest BCUT2D eigenvalue weighted by atomic mass is 10.1. The number of carbonyl (C=O) groups excluding carboxylic acids is 2. The van der Waals surface area contributed by atoms with Gasteiger partial charge in [-0.05, 0) is 56.2 Å². The molecule has 0 radical (unpaired) electrons. The first kappa shape index (κ1) is 24.5. The van der Waals surface area contributed by atoms with Crippen molar-refractivity contribution < 1.29 is 14.3 Å². The van der Waals surface area contributed by atoms with Crippen LogP contribution in [0.3, 0.4) is 0 Å². The van der Waals surface area contributed by atoms with Gasteiger partial charge in [0.05, 0.1) is 0 Å². The fourth-order valence-electron chi connectivity index (χ4n) is 2.77. The molecule has 0 unspecified atom stereocenters. The number of rotatable bonds is 9. The molecule has 0 fully saturated rings. The molecule has 2 aromatic carbocycles. The molecule has 8 heteroatoms. The molecule has 30 heavy (non-hydrogen) atoms. The van der Waals surface area contributed by atoms with E-state index in [0.29, 0.717) is 27.9 Å². The second kappa shape index (κ2) is 11.6. The van der Waals surface area contributed by atoms with Crippen LogP contribution < -0.4 is 10.1 Å². The predicted molar refractivity (Wildman–Crippen MR) is 124 cm³/mol. The Labute approximate surface area is 195 Å². The van der Waals surface area contributed by atoms with Gasteiger partial charge in [0.2, 0.25) is 5.91 Å². The Kier molecular flexibility index (Phi) is 9.46. The highest BCUT2D eigenvalue weighted by molar-refractivity contribution is 9.10. The summed E-state index contributed by atoms with van der Waals surface area (Å²) in [7, 11) is 0. The van der Waals surface area contributed by atoms with E-state index < -0.39 is 6.04 Å². The third kappa shape index (κ3) is 6.62. The Morgan fingerprint density at radius 3 is 2.47 bits per heavy atom. The van der Waals surface area contributed by atoms with Gasteiger partial charge in [-0.1, -0.05) is 52.1 Å². The lowest BCUT2D eigenvalue weighted by Crippen LogP contribution is -2.49. The molecule has 0 saturated heterocycles. The Bertz CT molecular complexity index is 888. The lowest BCUT2D eigenvalue weighted by Gasteiger charge is -2.29. The second-order valence-corrected chi connectivity index (χ2v) is 8.56. The number of benzene rings is 2. The molecule has 0 aromatic heterocycles. The second-order valence-electron chi connectivity index (χ2n) is 6.89. The van der Waals surface area contributed by atoms with E-state index >= 15 is 0 Å². The van der Waals surface area contributed by atoms with Crippen molar-refractivity contribution in [2.24, 2.45) is 0 Å². The Hall–Kier alpha value is -1.76. The maximum Gasteiger partial charge on any atom is 0.261 e. The van der Waals surface area contributed by atoms with Gasteiger partial charge in [-0.25, -0.2) is 0 Å². The molecule has 2 amide bonds. The highest BCUT2D eigenvalue weighted by Crippen LogP contribution is 2.27. The van der Waals surface area contributed by atoms with E-state index in [-0.39, 0.29) is 25.0 Å². The zero-order valence-corrected chi connectivity index (χ0v) is 20.3. The number of amides is 2. The van der Waals surface area contributed by atoms with Crippen molar-refractivity contribution in [2.45, 2.75) is 39.8 Å². The average Bonchev–Trinajstić information content (AvgIpc) is 2.72. The molecule has 0 aliphatic carbocycles. The van der Waals surface area contributed by atoms with Crippen molar-refractivity contribution in [3.8, 4) is 5.75 Å². The molecule has 0 spiro atoms. The summed E-state index contributed by atoms with van der Waals surface area (Å²) >= 11 is 16.0. The average molecular weight is 516 g/mol. The molecule has 2 aromatic rings. The minimum atomic E-state index is -0.716. The summed E-state index contributed by atoms with van der Waals surface area (Å²) in [6.45, 7) is 6.00. The van der Waals surface area contributed by atoms with Crippen molar-refractivity contribution in [3.05, 3.63) is 62.0 Å². The summed E-state index contributed by atoms with van der Waals surface area (Å²) in [5, 5.41) is 3.70. The van der Waals surface area contributed by atoms with Crippen molar-refractivity contribution in [2.75, 3.05) is 13.2 Å². The molecule has 0 aliphatic heterocycles. The van der Waals surface area contributed by atoms with E-state index in [2.05, 4.69) is 21.2 Å². The van der Waals surface area contributed by atoms with Crippen molar-refractivity contribution in [1.29, 1.82) is 0 Å². The summed E-state index contributed by atoms with van der Waals surface area (Å²) in [4.78, 5) is 27.0. The Morgan fingerprint density at radius 2 is 1.87 bits per heavy atom. The molecule has 0 heterocycles. The van der Waals surface area contributed by atoms with E-state index in [1.54, 1.807) is 31.2 Å². The summed E-state index contributed by atoms with van der Waals surface area (Å²) < 4.78 is 6.64. The van der Waals surface area contributed by atoms with Crippen molar-refractivity contribution >= 4 is 50.9 Å². The minimum absolute atomic E-state index is 0.0980. The number of ether oxygens (including phenoxy) is 1. The van der Waals surface area contributed by atoms with Gasteiger partial charge in [0, 0.05) is 33.2 Å². The quantitative estimate of drug-likeness (QED) is 0.487. The van der Waals surface area contributed by atoms with Gasteiger partial charge in [0.1, 0.15) is 11.8 Å². The Morgan fingerprint density at radius 1 is 1.20 bits per heavy atom. The van der Waals surface area contributed by atoms with Crippen LogP contribution in [0.5, 0.6) is 5.75 Å². The number of nitrogens with one attached hydrogen (secondary N) is 1. The topological polar surface area (TPSA) is 58.6 Å². The fraction of sp³-hybridized carbons (Fsp3) is 0.364. The van der Waals surface area contributed by atoms with Gasteiger partial charge in [-0.3, -0.25) is 9.59 Å². The van der Waals surface area contributed by atoms with Gasteiger partial charge in [0.25, 0.3) is 5.91 Å². The van der Waals surface area contributed by atoms with Crippen molar-refractivity contribution in [1.82, 2.24) is 10.2 Å². The van der Waals surface area contributed by atoms with Crippen LogP contribution in [0, 0.1) is 6.92 Å². The summed E-state index contributed by atoms with van der Waals surface area (Å²) in [6, 6.07) is 9.89. The zero-order valence-electron chi connectivity index (χ0n) is 17.2. The number of halogens is 3. The van der Waals surface area contributed by atoms with Crippen LogP contribution in [-0.4, -0.2) is 35.9 Å². The molecular weight excluding hydrogens is 491 g/mol. The number of hydrogen-bond acceptors (Lipinski definition) is 3. The van der Waals surface area contributed by atoms with Crippen LogP contribution in [0.15, 0.2) is 40.9 Å². The smallest absolute Gasteiger partial charge is 0.261 e. The first-order valence-corrected chi connectivity index (χ1v) is 11.2. The van der Waals surface area contributed by atoms with Gasteiger partial charge >= 0.3 is 0 Å². The van der Waals surface area contributed by atoms with Crippen LogP contribution in [0.2, 0.25) is 10.0 Å². The molecule has 0 saturated carbocycles. The lowest BCUT2D eigenvalue weighted by molar-refractivity contribution is -0.142. The van der Waals surface area contributed by atoms with Crippen LogP contribution in [0.1, 0.15) is 31.4 Å². The molecule has 162 valence electrons. The largest absolute Gasteiger partial charge is 0.484 e. The summed E-state index contributed by atoms with van der Waals surface area (Å²) in [5.41, 5.74) is 1.58. The number of hydrogen-bond donors (Lipinski definition) is 1. The minimum Gasteiger partial charge on any atom is -0.484 e. The van der Waals surface area contributed by atoms with E-state index in [4.69, 9.17) is 27.9 Å².